The predicted molar refractivity (Wildman–Crippen MR) is 101 cm³/mol. The van der Waals surface area contributed by atoms with Gasteiger partial charge in [-0.25, -0.2) is 13.1 Å². The average molecular weight is 370 g/mol. The Morgan fingerprint density at radius 1 is 1.20 bits per heavy atom. The van der Waals surface area contributed by atoms with Crippen molar-refractivity contribution in [3.63, 3.8) is 0 Å². The molecule has 1 aliphatic heterocycles. The van der Waals surface area contributed by atoms with Crippen molar-refractivity contribution in [2.24, 2.45) is 5.41 Å². The van der Waals surface area contributed by atoms with Crippen LogP contribution in [0.2, 0.25) is 0 Å². The molecule has 1 fully saturated rings. The van der Waals surface area contributed by atoms with E-state index in [1.54, 1.807) is 18.2 Å². The minimum Gasteiger partial charge on any atom is -0.384 e. The number of rotatable bonds is 8. The minimum atomic E-state index is -3.47. The Morgan fingerprint density at radius 2 is 1.92 bits per heavy atom. The maximum absolute atomic E-state index is 12.5. The average Bonchev–Trinajstić information content (AvgIpc) is 2.58. The normalized spacial score (nSPS) is 16.8. The third kappa shape index (κ3) is 7.32. The highest BCUT2D eigenvalue weighted by Crippen LogP contribution is 2.18. The van der Waals surface area contributed by atoms with Crippen LogP contribution in [0.25, 0.3) is 0 Å². The fourth-order valence-corrected chi connectivity index (χ4v) is 3.68. The maximum Gasteiger partial charge on any atom is 0.240 e. The summed E-state index contributed by atoms with van der Waals surface area (Å²) >= 11 is 0. The van der Waals surface area contributed by atoms with E-state index in [1.165, 1.54) is 0 Å². The van der Waals surface area contributed by atoms with Gasteiger partial charge in [-0.15, -0.1) is 0 Å². The molecule has 6 nitrogen and oxygen atoms in total. The maximum atomic E-state index is 12.5. The molecule has 1 aliphatic rings. The molecule has 2 rings (SSSR count). The summed E-state index contributed by atoms with van der Waals surface area (Å²) < 4.78 is 32.9. The van der Waals surface area contributed by atoms with Gasteiger partial charge in [0.05, 0.1) is 18.1 Å². The second-order valence-corrected chi connectivity index (χ2v) is 9.41. The first-order chi connectivity index (χ1) is 11.8. The molecule has 1 heterocycles. The number of nitrogens with zero attached hydrogens (tertiary/aromatic N) is 1. The molecule has 2 N–H and O–H groups in total. The topological polar surface area (TPSA) is 70.7 Å². The quantitative estimate of drug-likeness (QED) is 0.687. The lowest BCUT2D eigenvalue weighted by molar-refractivity contribution is 0.0376. The Bertz CT molecular complexity index is 635. The van der Waals surface area contributed by atoms with E-state index in [4.69, 9.17) is 4.74 Å². The monoisotopic (exact) mass is 369 g/mol. The van der Waals surface area contributed by atoms with Gasteiger partial charge >= 0.3 is 0 Å². The zero-order valence-corrected chi connectivity index (χ0v) is 16.4. The van der Waals surface area contributed by atoms with Gasteiger partial charge in [-0.2, -0.15) is 0 Å². The molecule has 0 saturated carbocycles. The van der Waals surface area contributed by atoms with Crippen LogP contribution in [0.5, 0.6) is 0 Å². The van der Waals surface area contributed by atoms with Crippen LogP contribution >= 0.6 is 0 Å². The summed E-state index contributed by atoms with van der Waals surface area (Å²) in [5.41, 5.74) is 0.957. The summed E-state index contributed by atoms with van der Waals surface area (Å²) in [6, 6.07) is 6.99. The van der Waals surface area contributed by atoms with Crippen molar-refractivity contribution < 1.29 is 13.2 Å². The van der Waals surface area contributed by atoms with Crippen molar-refractivity contribution in [2.45, 2.75) is 32.1 Å². The van der Waals surface area contributed by atoms with Gasteiger partial charge in [0, 0.05) is 31.9 Å². The van der Waals surface area contributed by atoms with Gasteiger partial charge in [0.2, 0.25) is 10.0 Å². The standard InChI is InChI=1S/C18H31N3O3S/c1-18(2,3)15-19-16-6-4-7-17(14-16)25(22,23)20-8-5-9-21-10-12-24-13-11-21/h4,6-7,14,19-20H,5,8-13,15H2,1-3H3. The number of nitrogens with one attached hydrogen (secondary N) is 2. The molecule has 25 heavy (non-hydrogen) atoms. The second kappa shape index (κ2) is 8.98. The summed E-state index contributed by atoms with van der Waals surface area (Å²) in [4.78, 5) is 2.60. The number of hydrogen-bond acceptors (Lipinski definition) is 5. The Kier molecular flexibility index (Phi) is 7.25. The molecule has 0 atom stereocenters. The molecular formula is C18H31N3O3S. The highest BCUT2D eigenvalue weighted by molar-refractivity contribution is 7.89. The lowest BCUT2D eigenvalue weighted by Gasteiger charge is -2.26. The summed E-state index contributed by atoms with van der Waals surface area (Å²) in [5, 5.41) is 3.30. The summed E-state index contributed by atoms with van der Waals surface area (Å²) in [6.07, 6.45) is 0.793. The van der Waals surface area contributed by atoms with Crippen molar-refractivity contribution in [3.05, 3.63) is 24.3 Å². The van der Waals surface area contributed by atoms with E-state index in [1.807, 2.05) is 6.07 Å². The van der Waals surface area contributed by atoms with Crippen LogP contribution in [0.4, 0.5) is 5.69 Å². The molecule has 0 radical (unpaired) electrons. The zero-order valence-electron chi connectivity index (χ0n) is 15.5. The first-order valence-corrected chi connectivity index (χ1v) is 10.4. The molecule has 0 bridgehead atoms. The van der Waals surface area contributed by atoms with E-state index in [0.717, 1.165) is 51.5 Å². The van der Waals surface area contributed by atoms with Crippen LogP contribution in [0, 0.1) is 5.41 Å². The fraction of sp³-hybridized carbons (Fsp3) is 0.667. The van der Waals surface area contributed by atoms with E-state index in [2.05, 4.69) is 35.7 Å². The third-order valence-corrected chi connectivity index (χ3v) is 5.47. The Morgan fingerprint density at radius 3 is 2.60 bits per heavy atom. The van der Waals surface area contributed by atoms with Crippen LogP contribution in [-0.4, -0.2) is 59.3 Å². The van der Waals surface area contributed by atoms with Crippen LogP contribution in [-0.2, 0) is 14.8 Å². The van der Waals surface area contributed by atoms with Gasteiger partial charge in [0.25, 0.3) is 0 Å². The second-order valence-electron chi connectivity index (χ2n) is 7.65. The SMILES string of the molecule is CC(C)(C)CNc1cccc(S(=O)(=O)NCCCN2CCOCC2)c1. The van der Waals surface area contributed by atoms with Gasteiger partial charge in [-0.1, -0.05) is 26.8 Å². The first kappa shape index (κ1) is 20.2. The molecule has 0 spiro atoms. The van der Waals surface area contributed by atoms with E-state index in [-0.39, 0.29) is 5.41 Å². The Balaban J connectivity index is 1.83. The molecule has 0 aliphatic carbocycles. The van der Waals surface area contributed by atoms with Gasteiger partial charge in [-0.05, 0) is 36.6 Å². The zero-order chi connectivity index (χ0) is 18.3. The number of benzene rings is 1. The number of morpholine rings is 1. The highest BCUT2D eigenvalue weighted by atomic mass is 32.2. The molecule has 1 aromatic rings. The van der Waals surface area contributed by atoms with Gasteiger partial charge in [-0.3, -0.25) is 4.90 Å². The lowest BCUT2D eigenvalue weighted by atomic mass is 9.97. The van der Waals surface area contributed by atoms with Crippen LogP contribution in [0.3, 0.4) is 0 Å². The number of sulfonamides is 1. The molecule has 0 unspecified atom stereocenters. The fourth-order valence-electron chi connectivity index (χ4n) is 2.56. The van der Waals surface area contributed by atoms with Crippen molar-refractivity contribution in [1.29, 1.82) is 0 Å². The molecule has 1 saturated heterocycles. The van der Waals surface area contributed by atoms with Gasteiger partial charge in [0.15, 0.2) is 0 Å². The molecule has 142 valence electrons. The number of hydrogen-bond donors (Lipinski definition) is 2. The highest BCUT2D eigenvalue weighted by Gasteiger charge is 2.16. The predicted octanol–water partition coefficient (Wildman–Crippen LogP) is 2.15. The van der Waals surface area contributed by atoms with Crippen LogP contribution in [0.15, 0.2) is 29.2 Å². The molecule has 7 heteroatoms. The van der Waals surface area contributed by atoms with Crippen molar-refractivity contribution in [3.8, 4) is 0 Å². The number of anilines is 1. The minimum absolute atomic E-state index is 0.132. The van der Waals surface area contributed by atoms with E-state index < -0.39 is 10.0 Å². The molecule has 0 amide bonds. The Labute approximate surface area is 152 Å². The lowest BCUT2D eigenvalue weighted by Crippen LogP contribution is -2.38. The Hall–Kier alpha value is -1.15. The first-order valence-electron chi connectivity index (χ1n) is 8.90. The third-order valence-electron chi connectivity index (χ3n) is 4.01. The van der Waals surface area contributed by atoms with Crippen LogP contribution < -0.4 is 10.0 Å². The molecular weight excluding hydrogens is 338 g/mol. The van der Waals surface area contributed by atoms with Crippen molar-refractivity contribution in [1.82, 2.24) is 9.62 Å². The largest absolute Gasteiger partial charge is 0.384 e. The van der Waals surface area contributed by atoms with E-state index in [0.29, 0.717) is 11.4 Å². The number of ether oxygens (including phenoxy) is 1. The van der Waals surface area contributed by atoms with Crippen molar-refractivity contribution in [2.75, 3.05) is 51.3 Å². The van der Waals surface area contributed by atoms with Gasteiger partial charge in [0.1, 0.15) is 0 Å². The molecule has 0 aromatic heterocycles. The van der Waals surface area contributed by atoms with E-state index in [9.17, 15) is 8.42 Å². The van der Waals surface area contributed by atoms with Gasteiger partial charge < -0.3 is 10.1 Å². The summed E-state index contributed by atoms with van der Waals surface area (Å²) in [6.45, 7) is 11.9. The van der Waals surface area contributed by atoms with E-state index >= 15 is 0 Å². The van der Waals surface area contributed by atoms with Crippen molar-refractivity contribution >= 4 is 15.7 Å². The summed E-state index contributed by atoms with van der Waals surface area (Å²) in [7, 11) is -3.47. The van der Waals surface area contributed by atoms with Crippen LogP contribution in [0.1, 0.15) is 27.2 Å². The smallest absolute Gasteiger partial charge is 0.240 e. The molecule has 1 aromatic carbocycles. The summed E-state index contributed by atoms with van der Waals surface area (Å²) in [5.74, 6) is 0.